The maximum absolute atomic E-state index is 13.5. The summed E-state index contributed by atoms with van der Waals surface area (Å²) in [5.41, 5.74) is 2.02. The lowest BCUT2D eigenvalue weighted by Gasteiger charge is -2.17. The molecule has 1 atom stereocenters. The molecule has 0 aliphatic carbocycles. The molecule has 1 aliphatic rings. The van der Waals surface area contributed by atoms with Crippen LogP contribution in [0.2, 0.25) is 0 Å². The van der Waals surface area contributed by atoms with E-state index < -0.39 is 16.8 Å². The highest BCUT2D eigenvalue weighted by Crippen LogP contribution is 2.27. The van der Waals surface area contributed by atoms with Crippen LogP contribution in [0.5, 0.6) is 5.75 Å². The number of carbonyl (C=O) groups is 2. The van der Waals surface area contributed by atoms with E-state index in [1.807, 2.05) is 25.1 Å². The number of carbonyl (C=O) groups excluding carboxylic acids is 2. The monoisotopic (exact) mass is 444 g/mol. The minimum atomic E-state index is -1.77. The third-order valence-electron chi connectivity index (χ3n) is 4.80. The number of nitrogens with zero attached hydrogens (tertiary/aromatic N) is 1. The quantitative estimate of drug-likeness (QED) is 0.329. The number of halogens is 1. The van der Waals surface area contributed by atoms with E-state index in [9.17, 15) is 18.2 Å². The van der Waals surface area contributed by atoms with Crippen molar-refractivity contribution in [3.8, 4) is 5.75 Å². The number of rotatable bonds is 10. The molecule has 0 saturated carbocycles. The Morgan fingerprint density at radius 1 is 1.26 bits per heavy atom. The Hall–Kier alpha value is -2.87. The van der Waals surface area contributed by atoms with Gasteiger partial charge in [0.1, 0.15) is 11.6 Å². The van der Waals surface area contributed by atoms with Gasteiger partial charge in [-0.25, -0.2) is 8.60 Å². The molecule has 1 aliphatic heterocycles. The predicted molar refractivity (Wildman–Crippen MR) is 119 cm³/mol. The first kappa shape index (κ1) is 22.8. The van der Waals surface area contributed by atoms with Crippen LogP contribution in [-0.2, 0) is 22.2 Å². The van der Waals surface area contributed by atoms with Gasteiger partial charge in [0, 0.05) is 30.3 Å². The molecule has 6 nitrogen and oxygen atoms in total. The van der Waals surface area contributed by atoms with Crippen LogP contribution in [0.15, 0.2) is 45.7 Å². The first-order chi connectivity index (χ1) is 15.0. The van der Waals surface area contributed by atoms with Crippen LogP contribution in [0.25, 0.3) is 0 Å². The number of aryl methyl sites for hydroxylation is 1. The standard InChI is InChI=1S/C23H25FN2O4S/c1-2-5-21(27)19-15-17(24)7-10-22(19)31(29)25-12-3-4-13-30-18-8-9-20-16(14-18)6-11-23(28)26-20/h7-10,12,14-15H,2-6,11,13H2,1H3,(H,26,28)/b25-12+. The third-order valence-corrected chi connectivity index (χ3v) is 5.87. The fourth-order valence-electron chi connectivity index (χ4n) is 3.23. The first-order valence-corrected chi connectivity index (χ1v) is 11.4. The molecule has 0 radical (unpaired) electrons. The molecule has 0 bridgehead atoms. The van der Waals surface area contributed by atoms with E-state index in [1.165, 1.54) is 12.1 Å². The molecule has 1 unspecified atom stereocenters. The maximum Gasteiger partial charge on any atom is 0.224 e. The molecule has 2 aromatic rings. The van der Waals surface area contributed by atoms with E-state index in [4.69, 9.17) is 4.74 Å². The Bertz CT molecular complexity index is 1020. The van der Waals surface area contributed by atoms with Crippen molar-refractivity contribution in [2.45, 2.75) is 50.3 Å². The van der Waals surface area contributed by atoms with E-state index in [0.717, 1.165) is 23.1 Å². The van der Waals surface area contributed by atoms with Crippen LogP contribution >= 0.6 is 0 Å². The van der Waals surface area contributed by atoms with Gasteiger partial charge in [0.05, 0.1) is 11.5 Å². The summed E-state index contributed by atoms with van der Waals surface area (Å²) >= 11 is 0. The zero-order valence-electron chi connectivity index (χ0n) is 17.4. The number of ether oxygens (including phenoxy) is 1. The second kappa shape index (κ2) is 10.9. The second-order valence-electron chi connectivity index (χ2n) is 7.21. The third kappa shape index (κ3) is 6.30. The number of nitrogens with one attached hydrogen (secondary N) is 1. The number of ketones is 1. The smallest absolute Gasteiger partial charge is 0.224 e. The van der Waals surface area contributed by atoms with Crippen molar-refractivity contribution in [2.24, 2.45) is 4.40 Å². The number of hydrogen-bond donors (Lipinski definition) is 1. The van der Waals surface area contributed by atoms with Crippen LogP contribution in [0, 0.1) is 5.82 Å². The Kier molecular flexibility index (Phi) is 8.06. The molecular formula is C23H25FN2O4S. The van der Waals surface area contributed by atoms with Crippen LogP contribution in [0.1, 0.15) is 54.9 Å². The Morgan fingerprint density at radius 3 is 2.90 bits per heavy atom. The summed E-state index contributed by atoms with van der Waals surface area (Å²) in [5.74, 6) is -0.00871. The molecule has 2 aromatic carbocycles. The number of hydrogen-bond acceptors (Lipinski definition) is 4. The fourth-order valence-corrected chi connectivity index (χ4v) is 4.13. The summed E-state index contributed by atoms with van der Waals surface area (Å²) in [6.07, 6.45) is 4.82. The average Bonchev–Trinajstić information content (AvgIpc) is 2.76. The number of fused-ring (bicyclic) bond motifs is 1. The summed E-state index contributed by atoms with van der Waals surface area (Å²) in [6.45, 7) is 2.32. The zero-order chi connectivity index (χ0) is 22.2. The van der Waals surface area contributed by atoms with Crippen molar-refractivity contribution in [1.82, 2.24) is 0 Å². The van der Waals surface area contributed by atoms with Crippen molar-refractivity contribution in [2.75, 3.05) is 11.9 Å². The lowest BCUT2D eigenvalue weighted by molar-refractivity contribution is -0.116. The molecule has 31 heavy (non-hydrogen) atoms. The molecule has 8 heteroatoms. The highest BCUT2D eigenvalue weighted by atomic mass is 32.2. The van der Waals surface area contributed by atoms with Crippen LogP contribution < -0.4 is 10.1 Å². The van der Waals surface area contributed by atoms with Crippen LogP contribution in [0.3, 0.4) is 0 Å². The molecule has 1 N–H and O–H groups in total. The van der Waals surface area contributed by atoms with Crippen LogP contribution in [-0.4, -0.2) is 28.7 Å². The SMILES string of the molecule is CCCC(=O)c1cc(F)ccc1S(=O)/N=C/CCCOc1ccc2c(c1)CCC(=O)N2. The Labute approximate surface area is 183 Å². The highest BCUT2D eigenvalue weighted by Gasteiger charge is 2.16. The van der Waals surface area contributed by atoms with Crippen molar-refractivity contribution in [3.05, 3.63) is 53.3 Å². The largest absolute Gasteiger partial charge is 0.494 e. The van der Waals surface area contributed by atoms with Crippen molar-refractivity contribution in [3.63, 3.8) is 0 Å². The molecule has 0 aromatic heterocycles. The summed E-state index contributed by atoms with van der Waals surface area (Å²) in [4.78, 5) is 23.8. The van der Waals surface area contributed by atoms with Gasteiger partial charge < -0.3 is 10.1 Å². The van der Waals surface area contributed by atoms with Gasteiger partial charge in [0.15, 0.2) is 16.8 Å². The van der Waals surface area contributed by atoms with E-state index >= 15 is 0 Å². The molecule has 164 valence electrons. The van der Waals surface area contributed by atoms with E-state index in [-0.39, 0.29) is 28.6 Å². The van der Waals surface area contributed by atoms with Gasteiger partial charge in [-0.3, -0.25) is 9.59 Å². The van der Waals surface area contributed by atoms with Crippen molar-refractivity contribution < 1.29 is 22.9 Å². The van der Waals surface area contributed by atoms with Gasteiger partial charge in [-0.15, -0.1) is 0 Å². The zero-order valence-corrected chi connectivity index (χ0v) is 18.2. The molecule has 0 saturated heterocycles. The van der Waals surface area contributed by atoms with Crippen LogP contribution in [0.4, 0.5) is 10.1 Å². The van der Waals surface area contributed by atoms with Crippen molar-refractivity contribution >= 4 is 34.6 Å². The van der Waals surface area contributed by atoms with E-state index in [1.54, 1.807) is 6.21 Å². The maximum atomic E-state index is 13.5. The topological polar surface area (TPSA) is 84.8 Å². The Morgan fingerprint density at radius 2 is 2.10 bits per heavy atom. The molecular weight excluding hydrogens is 419 g/mol. The number of unbranched alkanes of at least 4 members (excludes halogenated alkanes) is 1. The predicted octanol–water partition coefficient (Wildman–Crippen LogP) is 4.65. The van der Waals surface area contributed by atoms with Crippen molar-refractivity contribution in [1.29, 1.82) is 0 Å². The second-order valence-corrected chi connectivity index (χ2v) is 8.36. The number of benzene rings is 2. The van der Waals surface area contributed by atoms with Gasteiger partial charge >= 0.3 is 0 Å². The number of Topliss-reactive ketones (excluding diaryl/α,β-unsaturated/α-hetero) is 1. The number of anilines is 1. The number of amides is 1. The van der Waals surface area contributed by atoms with E-state index in [2.05, 4.69) is 9.71 Å². The first-order valence-electron chi connectivity index (χ1n) is 10.3. The minimum absolute atomic E-state index is 0.0281. The summed E-state index contributed by atoms with van der Waals surface area (Å²) in [6, 6.07) is 9.25. The van der Waals surface area contributed by atoms with E-state index in [0.29, 0.717) is 38.7 Å². The normalized spacial score (nSPS) is 14.2. The molecule has 1 amide bonds. The average molecular weight is 445 g/mol. The molecule has 0 spiro atoms. The summed E-state index contributed by atoms with van der Waals surface area (Å²) in [7, 11) is -1.77. The van der Waals surface area contributed by atoms with Gasteiger partial charge in [-0.1, -0.05) is 6.92 Å². The van der Waals surface area contributed by atoms with Gasteiger partial charge in [0.25, 0.3) is 0 Å². The Balaban J connectivity index is 1.49. The van der Waals surface area contributed by atoms with Gasteiger partial charge in [0.2, 0.25) is 5.91 Å². The van der Waals surface area contributed by atoms with Gasteiger partial charge in [-0.05, 0) is 67.6 Å². The molecule has 3 rings (SSSR count). The summed E-state index contributed by atoms with van der Waals surface area (Å²) in [5, 5.41) is 2.83. The lowest BCUT2D eigenvalue weighted by atomic mass is 10.0. The van der Waals surface area contributed by atoms with Gasteiger partial charge in [-0.2, -0.15) is 4.40 Å². The fraction of sp³-hybridized carbons (Fsp3) is 0.348. The molecule has 1 heterocycles. The summed E-state index contributed by atoms with van der Waals surface area (Å²) < 4.78 is 35.8. The highest BCUT2D eigenvalue weighted by molar-refractivity contribution is 7.84. The lowest BCUT2D eigenvalue weighted by Crippen LogP contribution is -2.18. The minimum Gasteiger partial charge on any atom is -0.494 e. The molecule has 0 fully saturated rings.